The van der Waals surface area contributed by atoms with Crippen molar-refractivity contribution in [3.05, 3.63) is 0 Å². The Kier molecular flexibility index (Phi) is 5.42. The van der Waals surface area contributed by atoms with E-state index in [4.69, 9.17) is 0 Å². The quantitative estimate of drug-likeness (QED) is 0.808. The summed E-state index contributed by atoms with van der Waals surface area (Å²) in [6, 6.07) is 2.30. The number of nitriles is 1. The molecule has 2 N–H and O–H groups in total. The third kappa shape index (κ3) is 4.08. The van der Waals surface area contributed by atoms with Crippen LogP contribution in [0, 0.1) is 11.3 Å². The molecule has 21 heavy (non-hydrogen) atoms. The predicted octanol–water partition coefficient (Wildman–Crippen LogP) is 2.40. The molecule has 1 aliphatic carbocycles. The number of hydrogen-bond donors (Lipinski definition) is 2. The molecule has 0 aromatic carbocycles. The number of carbonyl (C=O) groups excluding carboxylic acids is 1. The Morgan fingerprint density at radius 3 is 2.71 bits per heavy atom. The Morgan fingerprint density at radius 2 is 2.14 bits per heavy atom. The van der Waals surface area contributed by atoms with E-state index < -0.39 is 5.54 Å². The number of thioether (sulfide) groups is 1. The van der Waals surface area contributed by atoms with E-state index in [0.29, 0.717) is 0 Å². The van der Waals surface area contributed by atoms with E-state index in [2.05, 4.69) is 26.9 Å². The number of amides is 1. The Labute approximate surface area is 132 Å². The third-order valence-corrected chi connectivity index (χ3v) is 5.68. The van der Waals surface area contributed by atoms with Crippen LogP contribution in [0.25, 0.3) is 0 Å². The fraction of sp³-hybridized carbons (Fsp3) is 0.692. The zero-order valence-corrected chi connectivity index (χ0v) is 13.8. The zero-order valence-electron chi connectivity index (χ0n) is 12.2. The van der Waals surface area contributed by atoms with Crippen molar-refractivity contribution in [1.82, 2.24) is 15.5 Å². The smallest absolute Gasteiger partial charge is 0.234 e. The molecule has 1 heterocycles. The van der Waals surface area contributed by atoms with Gasteiger partial charge in [0.1, 0.15) is 5.54 Å². The molecule has 0 bridgehead atoms. The molecule has 0 radical (unpaired) electrons. The zero-order chi connectivity index (χ0) is 15.3. The number of nitrogens with one attached hydrogen (secondary N) is 2. The Hall–Kier alpha value is -1.33. The fourth-order valence-corrected chi connectivity index (χ4v) is 4.17. The van der Waals surface area contributed by atoms with Crippen LogP contribution in [-0.4, -0.2) is 33.9 Å². The average molecular weight is 325 g/mol. The van der Waals surface area contributed by atoms with Crippen LogP contribution < -0.4 is 10.6 Å². The average Bonchev–Trinajstić information content (AvgIpc) is 2.95. The lowest BCUT2D eigenvalue weighted by atomic mass is 9.83. The molecule has 0 spiro atoms. The highest BCUT2D eigenvalue weighted by molar-refractivity contribution is 8.02. The molecule has 1 aliphatic rings. The topological polar surface area (TPSA) is 90.7 Å². The van der Waals surface area contributed by atoms with Crippen LogP contribution in [0.15, 0.2) is 4.34 Å². The molecule has 2 rings (SSSR count). The summed E-state index contributed by atoms with van der Waals surface area (Å²) in [5.41, 5.74) is -0.679. The minimum Gasteiger partial charge on any atom is -0.363 e. The lowest BCUT2D eigenvalue weighted by Crippen LogP contribution is -2.50. The van der Waals surface area contributed by atoms with E-state index in [1.54, 1.807) is 7.05 Å². The summed E-state index contributed by atoms with van der Waals surface area (Å²) in [6.07, 6.45) is 4.63. The van der Waals surface area contributed by atoms with Crippen molar-refractivity contribution < 1.29 is 4.79 Å². The highest BCUT2D eigenvalue weighted by Crippen LogP contribution is 2.31. The van der Waals surface area contributed by atoms with Gasteiger partial charge in [-0.15, -0.1) is 10.2 Å². The molecule has 1 amide bonds. The van der Waals surface area contributed by atoms with Crippen LogP contribution in [-0.2, 0) is 4.79 Å². The van der Waals surface area contributed by atoms with Crippen molar-refractivity contribution in [2.75, 3.05) is 12.4 Å². The molecule has 1 aromatic heterocycles. The van der Waals surface area contributed by atoms with Crippen LogP contribution in [0.2, 0.25) is 0 Å². The lowest BCUT2D eigenvalue weighted by Gasteiger charge is -2.32. The Morgan fingerprint density at radius 1 is 1.43 bits per heavy atom. The molecule has 0 unspecified atom stereocenters. The molecule has 0 saturated heterocycles. The summed E-state index contributed by atoms with van der Waals surface area (Å²) in [5, 5.41) is 23.7. The first-order chi connectivity index (χ1) is 10.1. The van der Waals surface area contributed by atoms with Gasteiger partial charge in [0.05, 0.1) is 11.3 Å². The van der Waals surface area contributed by atoms with E-state index in [1.807, 2.05) is 6.92 Å². The van der Waals surface area contributed by atoms with Gasteiger partial charge in [-0.1, -0.05) is 42.4 Å². The number of aromatic nitrogens is 2. The van der Waals surface area contributed by atoms with Crippen molar-refractivity contribution in [3.8, 4) is 6.07 Å². The van der Waals surface area contributed by atoms with E-state index in [9.17, 15) is 10.1 Å². The normalized spacial score (nSPS) is 18.5. The van der Waals surface area contributed by atoms with Crippen molar-refractivity contribution in [2.24, 2.45) is 0 Å². The van der Waals surface area contributed by atoms with Gasteiger partial charge in [-0.05, 0) is 19.8 Å². The maximum atomic E-state index is 12.3. The molecule has 1 fully saturated rings. The SMILES string of the molecule is CNc1nnc(S[C@@H](C)C(=O)NC2(C#N)CCCCC2)s1. The minimum absolute atomic E-state index is 0.107. The number of hydrogen-bond acceptors (Lipinski definition) is 7. The van der Waals surface area contributed by atoms with Crippen LogP contribution in [0.1, 0.15) is 39.0 Å². The van der Waals surface area contributed by atoms with Gasteiger partial charge in [0.25, 0.3) is 0 Å². The second-order valence-electron chi connectivity index (χ2n) is 5.13. The van der Waals surface area contributed by atoms with Crippen LogP contribution in [0.4, 0.5) is 5.13 Å². The van der Waals surface area contributed by atoms with Gasteiger partial charge in [0.2, 0.25) is 11.0 Å². The Balaban J connectivity index is 1.94. The van der Waals surface area contributed by atoms with Gasteiger partial charge in [0.15, 0.2) is 4.34 Å². The van der Waals surface area contributed by atoms with E-state index in [-0.39, 0.29) is 11.2 Å². The molecular formula is C13H19N5OS2. The summed E-state index contributed by atoms with van der Waals surface area (Å²) in [6.45, 7) is 1.83. The standard InChI is InChI=1S/C13H19N5OS2/c1-9(20-12-18-17-11(15-2)21-12)10(19)16-13(8-14)6-4-3-5-7-13/h9H,3-7H2,1-2H3,(H,15,17)(H,16,19)/t9-/m0/s1. The highest BCUT2D eigenvalue weighted by atomic mass is 32.2. The second-order valence-corrected chi connectivity index (χ2v) is 7.69. The monoisotopic (exact) mass is 325 g/mol. The summed E-state index contributed by atoms with van der Waals surface area (Å²) in [7, 11) is 1.78. The molecule has 1 aromatic rings. The highest BCUT2D eigenvalue weighted by Gasteiger charge is 2.35. The van der Waals surface area contributed by atoms with Gasteiger partial charge in [-0.25, -0.2) is 0 Å². The molecule has 114 valence electrons. The number of carbonyl (C=O) groups is 1. The predicted molar refractivity (Wildman–Crippen MR) is 84.3 cm³/mol. The lowest BCUT2D eigenvalue weighted by molar-refractivity contribution is -0.121. The van der Waals surface area contributed by atoms with E-state index in [0.717, 1.165) is 41.6 Å². The molecule has 8 heteroatoms. The minimum atomic E-state index is -0.679. The third-order valence-electron chi connectivity index (χ3n) is 3.55. The largest absolute Gasteiger partial charge is 0.363 e. The Bertz CT molecular complexity index is 533. The van der Waals surface area contributed by atoms with Crippen molar-refractivity contribution >= 4 is 34.1 Å². The first kappa shape index (κ1) is 16.0. The maximum Gasteiger partial charge on any atom is 0.234 e. The van der Waals surface area contributed by atoms with Crippen molar-refractivity contribution in [2.45, 2.75) is 54.2 Å². The summed E-state index contributed by atoms with van der Waals surface area (Å²) in [4.78, 5) is 12.3. The fourth-order valence-electron chi connectivity index (χ4n) is 2.32. The van der Waals surface area contributed by atoms with Crippen LogP contribution in [0.5, 0.6) is 0 Å². The second kappa shape index (κ2) is 7.09. The first-order valence-electron chi connectivity index (χ1n) is 7.00. The first-order valence-corrected chi connectivity index (χ1v) is 8.69. The van der Waals surface area contributed by atoms with E-state index >= 15 is 0 Å². The van der Waals surface area contributed by atoms with Gasteiger partial charge in [-0.3, -0.25) is 4.79 Å². The van der Waals surface area contributed by atoms with Gasteiger partial charge < -0.3 is 10.6 Å². The van der Waals surface area contributed by atoms with Gasteiger partial charge in [0, 0.05) is 7.05 Å². The number of nitrogens with zero attached hydrogens (tertiary/aromatic N) is 3. The summed E-state index contributed by atoms with van der Waals surface area (Å²) in [5.74, 6) is -0.107. The van der Waals surface area contributed by atoms with Gasteiger partial charge in [-0.2, -0.15) is 5.26 Å². The molecular weight excluding hydrogens is 306 g/mol. The summed E-state index contributed by atoms with van der Waals surface area (Å²) >= 11 is 2.78. The molecule has 6 nitrogen and oxygen atoms in total. The van der Waals surface area contributed by atoms with Crippen LogP contribution in [0.3, 0.4) is 0 Å². The van der Waals surface area contributed by atoms with Crippen molar-refractivity contribution in [1.29, 1.82) is 5.26 Å². The molecule has 1 atom stereocenters. The molecule has 0 aliphatic heterocycles. The molecule has 1 saturated carbocycles. The van der Waals surface area contributed by atoms with Gasteiger partial charge >= 0.3 is 0 Å². The maximum absolute atomic E-state index is 12.3. The number of anilines is 1. The van der Waals surface area contributed by atoms with Crippen molar-refractivity contribution in [3.63, 3.8) is 0 Å². The number of rotatable bonds is 5. The van der Waals surface area contributed by atoms with E-state index in [1.165, 1.54) is 23.1 Å². The summed E-state index contributed by atoms with van der Waals surface area (Å²) < 4.78 is 0.747. The van der Waals surface area contributed by atoms with Crippen LogP contribution >= 0.6 is 23.1 Å².